The van der Waals surface area contributed by atoms with E-state index in [-0.39, 0.29) is 34.5 Å². The fourth-order valence-corrected chi connectivity index (χ4v) is 5.03. The van der Waals surface area contributed by atoms with Crippen molar-refractivity contribution in [2.24, 2.45) is 28.6 Å². The van der Waals surface area contributed by atoms with E-state index in [1.165, 1.54) is 7.11 Å². The molecule has 0 bridgehead atoms. The molecule has 2 aliphatic carbocycles. The van der Waals surface area contributed by atoms with Crippen LogP contribution in [0.5, 0.6) is 11.5 Å². The topological polar surface area (TPSA) is 125 Å². The minimum absolute atomic E-state index is 0.00194. The summed E-state index contributed by atoms with van der Waals surface area (Å²) in [6.45, 7) is 6.47. The van der Waals surface area contributed by atoms with Gasteiger partial charge in [-0.25, -0.2) is 0 Å². The molecular weight excluding hydrogens is 376 g/mol. The zero-order chi connectivity index (χ0) is 22.3. The van der Waals surface area contributed by atoms with Gasteiger partial charge < -0.3 is 15.3 Å². The normalized spacial score (nSPS) is 27.6. The van der Waals surface area contributed by atoms with Gasteiger partial charge >= 0.3 is 0 Å². The van der Waals surface area contributed by atoms with Crippen LogP contribution in [-0.4, -0.2) is 17.9 Å². The molecule has 0 saturated heterocycles. The van der Waals surface area contributed by atoms with Crippen LogP contribution in [0.2, 0.25) is 0 Å². The maximum absolute atomic E-state index is 10.9. The van der Waals surface area contributed by atoms with Crippen LogP contribution in [0.3, 0.4) is 0 Å². The van der Waals surface area contributed by atoms with Gasteiger partial charge in [-0.05, 0) is 41.7 Å². The predicted octanol–water partition coefficient (Wildman–Crippen LogP) is 4.69. The largest absolute Gasteiger partial charge is 0.504 e. The van der Waals surface area contributed by atoms with E-state index in [4.69, 9.17) is 10.1 Å². The number of aromatic hydroxyl groups is 1. The molecular formula is C24H26N4O2. The van der Waals surface area contributed by atoms with E-state index >= 15 is 0 Å². The molecule has 2 aliphatic rings. The number of hydrogen-bond acceptors (Lipinski definition) is 6. The standard InChI is InChI=1S/C24H26N4O2/c1-23(2,3)14-8-9-15-17(10-14)20(16-6-5-7-19(30-4)21(16)29)24(12-26,13-27)22(28)18(15)11-25/h5-7,9,14,17-18,20,28-29H,8,10H2,1-4H3/t14-,17+,18?,20-/m0/s1. The van der Waals surface area contributed by atoms with E-state index in [0.29, 0.717) is 12.0 Å². The molecule has 0 amide bonds. The van der Waals surface area contributed by atoms with E-state index in [1.807, 2.05) is 6.08 Å². The number of phenolic OH excluding ortho intramolecular Hbond substituents is 1. The lowest BCUT2D eigenvalue weighted by atomic mass is 9.51. The number of ether oxygens (including phenoxy) is 1. The first-order valence-corrected chi connectivity index (χ1v) is 10.0. The molecule has 0 spiro atoms. The second-order valence-corrected chi connectivity index (χ2v) is 9.23. The van der Waals surface area contributed by atoms with Gasteiger partial charge in [0.15, 0.2) is 16.9 Å². The summed E-state index contributed by atoms with van der Waals surface area (Å²) in [5, 5.41) is 49.7. The molecule has 1 aromatic rings. The Morgan fingerprint density at radius 2 is 1.87 bits per heavy atom. The SMILES string of the molecule is COc1cccc([C@H]2[C@@H]3C[C@@H](C(C)(C)C)CC=C3C(C#N)C(=N)C2(C#N)C#N)c1O. The number of nitrogens with one attached hydrogen (secondary N) is 1. The lowest BCUT2D eigenvalue weighted by molar-refractivity contribution is 0.167. The molecule has 1 fully saturated rings. The van der Waals surface area contributed by atoms with Crippen LogP contribution in [0.1, 0.15) is 45.1 Å². The summed E-state index contributed by atoms with van der Waals surface area (Å²) < 4.78 is 5.26. The smallest absolute Gasteiger partial charge is 0.189 e. The summed E-state index contributed by atoms with van der Waals surface area (Å²) in [4.78, 5) is 0. The first-order chi connectivity index (χ1) is 14.2. The predicted molar refractivity (Wildman–Crippen MR) is 112 cm³/mol. The van der Waals surface area contributed by atoms with Gasteiger partial charge in [-0.1, -0.05) is 39.0 Å². The lowest BCUT2D eigenvalue weighted by Gasteiger charge is -2.49. The van der Waals surface area contributed by atoms with E-state index in [9.17, 15) is 20.9 Å². The highest BCUT2D eigenvalue weighted by Crippen LogP contribution is 2.59. The third-order valence-electron chi connectivity index (χ3n) is 6.81. The average Bonchev–Trinajstić information content (AvgIpc) is 2.72. The Hall–Kier alpha value is -3.30. The van der Waals surface area contributed by atoms with Gasteiger partial charge in [-0.15, -0.1) is 0 Å². The van der Waals surface area contributed by atoms with Gasteiger partial charge in [0, 0.05) is 11.5 Å². The Balaban J connectivity index is 2.31. The number of nitriles is 3. The summed E-state index contributed by atoms with van der Waals surface area (Å²) in [5.41, 5.74) is -0.858. The fraction of sp³-hybridized carbons (Fsp3) is 0.500. The van der Waals surface area contributed by atoms with E-state index in [2.05, 4.69) is 39.0 Å². The third kappa shape index (κ3) is 3.03. The highest BCUT2D eigenvalue weighted by molar-refractivity contribution is 6.01. The molecule has 2 N–H and O–H groups in total. The minimum atomic E-state index is -1.84. The second-order valence-electron chi connectivity index (χ2n) is 9.23. The lowest BCUT2D eigenvalue weighted by Crippen LogP contribution is -2.50. The molecule has 30 heavy (non-hydrogen) atoms. The monoisotopic (exact) mass is 402 g/mol. The van der Waals surface area contributed by atoms with Crippen LogP contribution in [0.4, 0.5) is 0 Å². The molecule has 0 aliphatic heterocycles. The maximum Gasteiger partial charge on any atom is 0.189 e. The number of methoxy groups -OCH3 is 1. The van der Waals surface area contributed by atoms with E-state index in [1.54, 1.807) is 18.2 Å². The van der Waals surface area contributed by atoms with Crippen molar-refractivity contribution in [1.82, 2.24) is 0 Å². The number of allylic oxidation sites excluding steroid dienone is 2. The van der Waals surface area contributed by atoms with Crippen molar-refractivity contribution in [3.05, 3.63) is 35.4 Å². The number of nitrogens with zero attached hydrogens (tertiary/aromatic N) is 3. The van der Waals surface area contributed by atoms with Crippen LogP contribution in [0.15, 0.2) is 29.8 Å². The quantitative estimate of drug-likeness (QED) is 0.694. The molecule has 0 heterocycles. The zero-order valence-corrected chi connectivity index (χ0v) is 17.7. The van der Waals surface area contributed by atoms with Crippen LogP contribution in [0.25, 0.3) is 0 Å². The Bertz CT molecular complexity index is 1020. The highest BCUT2D eigenvalue weighted by Gasteiger charge is 2.58. The summed E-state index contributed by atoms with van der Waals surface area (Å²) in [6.07, 6.45) is 3.48. The number of hydrogen-bond donors (Lipinski definition) is 2. The van der Waals surface area contributed by atoms with E-state index < -0.39 is 17.3 Å². The van der Waals surface area contributed by atoms with E-state index in [0.717, 1.165) is 12.0 Å². The van der Waals surface area contributed by atoms with Crippen molar-refractivity contribution >= 4 is 5.71 Å². The molecule has 0 aromatic heterocycles. The zero-order valence-electron chi connectivity index (χ0n) is 17.7. The maximum atomic E-state index is 10.9. The van der Waals surface area contributed by atoms with Gasteiger partial charge in [0.1, 0.15) is 5.92 Å². The van der Waals surface area contributed by atoms with Crippen molar-refractivity contribution in [2.45, 2.75) is 39.5 Å². The molecule has 1 saturated carbocycles. The van der Waals surface area contributed by atoms with Crippen LogP contribution in [0, 0.1) is 68.0 Å². The molecule has 3 rings (SSSR count). The summed E-state index contributed by atoms with van der Waals surface area (Å²) in [5.74, 6) is -1.57. The van der Waals surface area contributed by atoms with Crippen molar-refractivity contribution in [1.29, 1.82) is 21.2 Å². The first kappa shape index (κ1) is 21.4. The molecule has 154 valence electrons. The molecule has 6 nitrogen and oxygen atoms in total. The van der Waals surface area contributed by atoms with Crippen LogP contribution >= 0.6 is 0 Å². The number of para-hydroxylation sites is 1. The Morgan fingerprint density at radius 1 is 1.20 bits per heavy atom. The third-order valence-corrected chi connectivity index (χ3v) is 6.81. The van der Waals surface area contributed by atoms with Gasteiger partial charge in [0.25, 0.3) is 0 Å². The van der Waals surface area contributed by atoms with Gasteiger partial charge in [0.2, 0.25) is 0 Å². The summed E-state index contributed by atoms with van der Waals surface area (Å²) in [7, 11) is 1.44. The number of phenols is 1. The highest BCUT2D eigenvalue weighted by atomic mass is 16.5. The van der Waals surface area contributed by atoms with Crippen molar-refractivity contribution in [2.75, 3.05) is 7.11 Å². The molecule has 1 aromatic carbocycles. The van der Waals surface area contributed by atoms with Gasteiger partial charge in [-0.3, -0.25) is 0 Å². The summed E-state index contributed by atoms with van der Waals surface area (Å²) >= 11 is 0. The Kier molecular flexibility index (Phi) is 5.36. The molecule has 6 heteroatoms. The Labute approximate surface area is 177 Å². The van der Waals surface area contributed by atoms with Crippen molar-refractivity contribution in [3.63, 3.8) is 0 Å². The molecule has 0 radical (unpaired) electrons. The number of rotatable bonds is 2. The summed E-state index contributed by atoms with van der Waals surface area (Å²) in [6, 6.07) is 11.3. The van der Waals surface area contributed by atoms with Gasteiger partial charge in [-0.2, -0.15) is 15.8 Å². The van der Waals surface area contributed by atoms with Crippen LogP contribution < -0.4 is 4.74 Å². The van der Waals surface area contributed by atoms with Crippen LogP contribution in [-0.2, 0) is 0 Å². The molecule has 4 atom stereocenters. The molecule has 1 unspecified atom stereocenters. The first-order valence-electron chi connectivity index (χ1n) is 10.0. The second kappa shape index (κ2) is 7.51. The van der Waals surface area contributed by atoms with Crippen molar-refractivity contribution < 1.29 is 9.84 Å². The number of benzene rings is 1. The van der Waals surface area contributed by atoms with Crippen molar-refractivity contribution in [3.8, 4) is 29.7 Å². The minimum Gasteiger partial charge on any atom is -0.504 e. The van der Waals surface area contributed by atoms with Gasteiger partial charge in [0.05, 0.1) is 31.0 Å². The fourth-order valence-electron chi connectivity index (χ4n) is 5.03. The Morgan fingerprint density at radius 3 is 2.40 bits per heavy atom. The number of fused-ring (bicyclic) bond motifs is 1. The average molecular weight is 402 g/mol.